The van der Waals surface area contributed by atoms with Crippen molar-refractivity contribution in [1.29, 1.82) is 0 Å². The lowest BCUT2D eigenvalue weighted by atomic mass is 9.99. The maximum atomic E-state index is 5.52. The minimum atomic E-state index is 0.947. The van der Waals surface area contributed by atoms with Crippen LogP contribution >= 0.6 is 15.9 Å². The van der Waals surface area contributed by atoms with E-state index in [-0.39, 0.29) is 0 Å². The number of halogens is 1. The first kappa shape index (κ1) is 12.2. The molecule has 0 saturated carbocycles. The number of benzene rings is 2. The lowest BCUT2D eigenvalue weighted by molar-refractivity contribution is 0.413. The van der Waals surface area contributed by atoms with Gasteiger partial charge in [-0.3, -0.25) is 0 Å². The Morgan fingerprint density at radius 2 is 1.71 bits per heavy atom. The van der Waals surface area contributed by atoms with Crippen molar-refractivity contribution in [3.05, 3.63) is 52.0 Å². The van der Waals surface area contributed by atoms with E-state index in [1.165, 1.54) is 11.1 Å². The molecule has 1 nitrogen and oxygen atoms in total. The summed E-state index contributed by atoms with van der Waals surface area (Å²) < 4.78 is 6.61. The van der Waals surface area contributed by atoms with E-state index in [2.05, 4.69) is 48.0 Å². The smallest absolute Gasteiger partial charge is 0.129 e. The highest BCUT2D eigenvalue weighted by Crippen LogP contribution is 2.37. The summed E-state index contributed by atoms with van der Waals surface area (Å²) >= 11 is 3.59. The minimum Gasteiger partial charge on any atom is -0.496 e. The molecular weight excluding hydrogens is 276 g/mol. The highest BCUT2D eigenvalue weighted by Gasteiger charge is 2.11. The van der Waals surface area contributed by atoms with Crippen molar-refractivity contribution in [1.82, 2.24) is 0 Å². The van der Waals surface area contributed by atoms with Crippen LogP contribution < -0.4 is 4.74 Å². The summed E-state index contributed by atoms with van der Waals surface area (Å²) in [6.45, 7) is 4.18. The molecule has 17 heavy (non-hydrogen) atoms. The fourth-order valence-corrected chi connectivity index (χ4v) is 2.60. The summed E-state index contributed by atoms with van der Waals surface area (Å²) in [5.41, 5.74) is 4.71. The molecule has 0 spiro atoms. The molecule has 0 radical (unpaired) electrons. The van der Waals surface area contributed by atoms with Crippen molar-refractivity contribution >= 4 is 15.9 Å². The molecule has 0 aliphatic carbocycles. The Hall–Kier alpha value is -1.28. The predicted molar refractivity (Wildman–Crippen MR) is 75.6 cm³/mol. The van der Waals surface area contributed by atoms with Gasteiger partial charge in [0.2, 0.25) is 0 Å². The fourth-order valence-electron chi connectivity index (χ4n) is 2.11. The van der Waals surface area contributed by atoms with Gasteiger partial charge in [0.1, 0.15) is 5.75 Å². The van der Waals surface area contributed by atoms with Gasteiger partial charge < -0.3 is 4.74 Å². The molecule has 2 aromatic rings. The quantitative estimate of drug-likeness (QED) is 0.776. The van der Waals surface area contributed by atoms with Crippen molar-refractivity contribution in [2.45, 2.75) is 13.8 Å². The number of rotatable bonds is 2. The lowest BCUT2D eigenvalue weighted by Gasteiger charge is -2.14. The second kappa shape index (κ2) is 4.92. The molecule has 2 aromatic carbocycles. The van der Waals surface area contributed by atoms with Crippen LogP contribution in [0.25, 0.3) is 11.1 Å². The van der Waals surface area contributed by atoms with E-state index in [1.54, 1.807) is 7.11 Å². The molecule has 2 heteroatoms. The first-order valence-electron chi connectivity index (χ1n) is 5.53. The molecule has 0 fully saturated rings. The number of hydrogen-bond acceptors (Lipinski definition) is 1. The van der Waals surface area contributed by atoms with Crippen LogP contribution in [-0.2, 0) is 0 Å². The zero-order valence-corrected chi connectivity index (χ0v) is 11.8. The summed E-state index contributed by atoms with van der Waals surface area (Å²) in [5.74, 6) is 0.947. The molecule has 88 valence electrons. The Kier molecular flexibility index (Phi) is 3.53. The van der Waals surface area contributed by atoms with Crippen LogP contribution in [0.15, 0.2) is 40.9 Å². The van der Waals surface area contributed by atoms with Gasteiger partial charge in [0.25, 0.3) is 0 Å². The van der Waals surface area contributed by atoms with Crippen LogP contribution in [0.4, 0.5) is 0 Å². The van der Waals surface area contributed by atoms with Gasteiger partial charge in [0.05, 0.1) is 7.11 Å². The predicted octanol–water partition coefficient (Wildman–Crippen LogP) is 4.74. The van der Waals surface area contributed by atoms with Crippen molar-refractivity contribution in [2.24, 2.45) is 0 Å². The van der Waals surface area contributed by atoms with Crippen molar-refractivity contribution in [2.75, 3.05) is 7.11 Å². The van der Waals surface area contributed by atoms with E-state index in [1.807, 2.05) is 18.2 Å². The third-order valence-corrected chi connectivity index (χ3v) is 3.48. The van der Waals surface area contributed by atoms with Gasteiger partial charge in [-0.05, 0) is 42.7 Å². The van der Waals surface area contributed by atoms with E-state index in [9.17, 15) is 0 Å². The van der Waals surface area contributed by atoms with Gasteiger partial charge in [-0.2, -0.15) is 0 Å². The molecule has 0 bridgehead atoms. The van der Waals surface area contributed by atoms with Gasteiger partial charge >= 0.3 is 0 Å². The van der Waals surface area contributed by atoms with Crippen LogP contribution in [0.3, 0.4) is 0 Å². The Balaban J connectivity index is 2.70. The van der Waals surface area contributed by atoms with E-state index in [0.29, 0.717) is 0 Å². The van der Waals surface area contributed by atoms with Crippen LogP contribution in [0.1, 0.15) is 11.1 Å². The van der Waals surface area contributed by atoms with Gasteiger partial charge in [-0.15, -0.1) is 0 Å². The fraction of sp³-hybridized carbons (Fsp3) is 0.200. The molecule has 0 unspecified atom stereocenters. The summed E-state index contributed by atoms with van der Waals surface area (Å²) in [6, 6.07) is 12.5. The van der Waals surface area contributed by atoms with Crippen LogP contribution in [0.5, 0.6) is 5.75 Å². The van der Waals surface area contributed by atoms with E-state index >= 15 is 0 Å². The highest BCUT2D eigenvalue weighted by molar-refractivity contribution is 9.10. The molecule has 0 saturated heterocycles. The van der Waals surface area contributed by atoms with Crippen LogP contribution in [0.2, 0.25) is 0 Å². The normalized spacial score (nSPS) is 10.4. The summed E-state index contributed by atoms with van der Waals surface area (Å²) in [7, 11) is 1.72. The largest absolute Gasteiger partial charge is 0.496 e. The minimum absolute atomic E-state index is 0.947. The Morgan fingerprint density at radius 3 is 2.35 bits per heavy atom. The molecule has 0 amide bonds. The Morgan fingerprint density at radius 1 is 1.00 bits per heavy atom. The van der Waals surface area contributed by atoms with Crippen molar-refractivity contribution in [3.63, 3.8) is 0 Å². The standard InChI is InChI=1S/C15H15BrO/c1-10-8-11(2)15(17-3)13(9-10)12-6-4-5-7-14(12)16/h4-9H,1-3H3. The molecule has 0 aliphatic heterocycles. The maximum Gasteiger partial charge on any atom is 0.129 e. The van der Waals surface area contributed by atoms with Gasteiger partial charge in [-0.1, -0.05) is 40.2 Å². The summed E-state index contributed by atoms with van der Waals surface area (Å²) in [4.78, 5) is 0. The topological polar surface area (TPSA) is 9.23 Å². The van der Waals surface area contributed by atoms with Crippen LogP contribution in [0, 0.1) is 13.8 Å². The first-order chi connectivity index (χ1) is 8.13. The second-order valence-electron chi connectivity index (χ2n) is 4.14. The lowest BCUT2D eigenvalue weighted by Crippen LogP contribution is -1.93. The molecular formula is C15H15BrO. The zero-order chi connectivity index (χ0) is 12.4. The first-order valence-corrected chi connectivity index (χ1v) is 6.33. The highest BCUT2D eigenvalue weighted by atomic mass is 79.9. The molecule has 0 aliphatic rings. The van der Waals surface area contributed by atoms with Crippen LogP contribution in [-0.4, -0.2) is 7.11 Å². The van der Waals surface area contributed by atoms with Gasteiger partial charge in [0.15, 0.2) is 0 Å². The van der Waals surface area contributed by atoms with Gasteiger partial charge in [0, 0.05) is 10.0 Å². The summed E-state index contributed by atoms with van der Waals surface area (Å²) in [6.07, 6.45) is 0. The molecule has 0 aromatic heterocycles. The third kappa shape index (κ3) is 2.37. The van der Waals surface area contributed by atoms with E-state index in [0.717, 1.165) is 21.3 Å². The average Bonchev–Trinajstić information content (AvgIpc) is 2.28. The molecule has 0 atom stereocenters. The second-order valence-corrected chi connectivity index (χ2v) is 5.00. The van der Waals surface area contributed by atoms with E-state index in [4.69, 9.17) is 4.74 Å². The van der Waals surface area contributed by atoms with Crippen molar-refractivity contribution < 1.29 is 4.74 Å². The monoisotopic (exact) mass is 290 g/mol. The molecule has 0 heterocycles. The Labute approximate surface area is 111 Å². The SMILES string of the molecule is COc1c(C)cc(C)cc1-c1ccccc1Br. The van der Waals surface area contributed by atoms with Crippen molar-refractivity contribution in [3.8, 4) is 16.9 Å². The number of ether oxygens (including phenoxy) is 1. The number of hydrogen-bond donors (Lipinski definition) is 0. The average molecular weight is 291 g/mol. The molecule has 0 N–H and O–H groups in total. The van der Waals surface area contributed by atoms with Gasteiger partial charge in [-0.25, -0.2) is 0 Å². The zero-order valence-electron chi connectivity index (χ0n) is 10.3. The molecule has 2 rings (SSSR count). The summed E-state index contributed by atoms with van der Waals surface area (Å²) in [5, 5.41) is 0. The maximum absolute atomic E-state index is 5.52. The van der Waals surface area contributed by atoms with E-state index < -0.39 is 0 Å². The number of aryl methyl sites for hydroxylation is 2. The third-order valence-electron chi connectivity index (χ3n) is 2.79. The Bertz CT molecular complexity index is 547. The number of methoxy groups -OCH3 is 1.